The molecule has 0 saturated heterocycles. The molecule has 0 spiro atoms. The molecular weight excluding hydrogens is 131 g/mol. The first-order chi connectivity index (χ1) is 4.84. The maximum atomic E-state index is 9.19. The second-order valence-electron chi connectivity index (χ2n) is 2.12. The molecule has 0 heterocycles. The van der Waals surface area contributed by atoms with Gasteiger partial charge in [-0.25, -0.2) is 0 Å². The summed E-state index contributed by atoms with van der Waals surface area (Å²) in [6, 6.07) is 7.27. The van der Waals surface area contributed by atoms with Crippen LogP contribution >= 0.6 is 0 Å². The SMILES string of the molecule is C=CCc1ccccc1O.[LiH]. The molecule has 1 aromatic carbocycles. The second kappa shape index (κ2) is 5.07. The van der Waals surface area contributed by atoms with Gasteiger partial charge in [0.05, 0.1) is 0 Å². The summed E-state index contributed by atoms with van der Waals surface area (Å²) < 4.78 is 0. The molecule has 0 bridgehead atoms. The fourth-order valence-electron chi connectivity index (χ4n) is 0.839. The summed E-state index contributed by atoms with van der Waals surface area (Å²) in [4.78, 5) is 0. The molecule has 0 amide bonds. The van der Waals surface area contributed by atoms with Gasteiger partial charge in [-0.15, -0.1) is 6.58 Å². The number of phenols is 1. The fraction of sp³-hybridized carbons (Fsp3) is 0.111. The third kappa shape index (κ3) is 2.84. The number of para-hydroxylation sites is 1. The van der Waals surface area contributed by atoms with Crippen LogP contribution in [0.2, 0.25) is 0 Å². The Morgan fingerprint density at radius 1 is 1.36 bits per heavy atom. The van der Waals surface area contributed by atoms with E-state index < -0.39 is 0 Å². The molecule has 0 aliphatic carbocycles. The number of allylic oxidation sites excluding steroid dienone is 1. The first-order valence-corrected chi connectivity index (χ1v) is 3.22. The Labute approximate surface area is 78.9 Å². The average Bonchev–Trinajstić information content (AvgIpc) is 1.94. The number of aromatic hydroxyl groups is 1. The topological polar surface area (TPSA) is 20.2 Å². The van der Waals surface area contributed by atoms with Gasteiger partial charge in [-0.2, -0.15) is 0 Å². The Bertz CT molecular complexity index is 233. The molecule has 0 aromatic heterocycles. The van der Waals surface area contributed by atoms with Crippen LogP contribution in [0.25, 0.3) is 0 Å². The second-order valence-corrected chi connectivity index (χ2v) is 2.12. The van der Waals surface area contributed by atoms with Gasteiger partial charge in [0.2, 0.25) is 0 Å². The standard InChI is InChI=1S/C9H10O.Li.H/c1-2-5-8-6-3-4-7-9(8)10;;/h2-4,6-7,10H,1,5H2;;. The molecule has 2 heteroatoms. The maximum absolute atomic E-state index is 9.19. The van der Waals surface area contributed by atoms with E-state index in [0.717, 1.165) is 12.0 Å². The minimum absolute atomic E-state index is 0. The molecule has 0 atom stereocenters. The van der Waals surface area contributed by atoms with Gasteiger partial charge in [0.15, 0.2) is 0 Å². The van der Waals surface area contributed by atoms with E-state index in [-0.39, 0.29) is 18.9 Å². The first-order valence-electron chi connectivity index (χ1n) is 3.22. The van der Waals surface area contributed by atoms with Gasteiger partial charge in [0.1, 0.15) is 5.75 Å². The number of hydrogen-bond donors (Lipinski definition) is 1. The van der Waals surface area contributed by atoms with Gasteiger partial charge in [0, 0.05) is 0 Å². The molecule has 1 N–H and O–H groups in total. The van der Waals surface area contributed by atoms with Crippen LogP contribution in [0.5, 0.6) is 5.75 Å². The number of rotatable bonds is 2. The van der Waals surface area contributed by atoms with Gasteiger partial charge >= 0.3 is 18.9 Å². The van der Waals surface area contributed by atoms with Crippen LogP contribution in [0.15, 0.2) is 36.9 Å². The van der Waals surface area contributed by atoms with E-state index >= 15 is 0 Å². The zero-order chi connectivity index (χ0) is 7.40. The summed E-state index contributed by atoms with van der Waals surface area (Å²) in [5, 5.41) is 9.19. The van der Waals surface area contributed by atoms with Crippen LogP contribution in [0.4, 0.5) is 0 Å². The minimum atomic E-state index is 0. The molecule has 11 heavy (non-hydrogen) atoms. The quantitative estimate of drug-likeness (QED) is 0.489. The average molecular weight is 142 g/mol. The summed E-state index contributed by atoms with van der Waals surface area (Å²) in [6.07, 6.45) is 2.50. The van der Waals surface area contributed by atoms with Crippen LogP contribution in [0.3, 0.4) is 0 Å². The van der Waals surface area contributed by atoms with Gasteiger partial charge in [-0.3, -0.25) is 0 Å². The van der Waals surface area contributed by atoms with Gasteiger partial charge in [-0.05, 0) is 18.1 Å². The van der Waals surface area contributed by atoms with Gasteiger partial charge < -0.3 is 5.11 Å². The molecule has 0 aliphatic heterocycles. The van der Waals surface area contributed by atoms with Crippen molar-refractivity contribution in [1.82, 2.24) is 0 Å². The van der Waals surface area contributed by atoms with Gasteiger partial charge in [0.25, 0.3) is 0 Å². The fourth-order valence-corrected chi connectivity index (χ4v) is 0.839. The van der Waals surface area contributed by atoms with Crippen LogP contribution in [0.1, 0.15) is 5.56 Å². The van der Waals surface area contributed by atoms with Crippen molar-refractivity contribution < 1.29 is 5.11 Å². The van der Waals surface area contributed by atoms with Crippen molar-refractivity contribution in [2.75, 3.05) is 0 Å². The van der Waals surface area contributed by atoms with E-state index in [9.17, 15) is 5.11 Å². The third-order valence-electron chi connectivity index (χ3n) is 1.36. The molecule has 0 radical (unpaired) electrons. The summed E-state index contributed by atoms with van der Waals surface area (Å²) in [6.45, 7) is 3.59. The Hall–Kier alpha value is -0.643. The zero-order valence-corrected chi connectivity index (χ0v) is 5.75. The van der Waals surface area contributed by atoms with Crippen molar-refractivity contribution >= 4 is 18.9 Å². The third-order valence-corrected chi connectivity index (χ3v) is 1.36. The van der Waals surface area contributed by atoms with E-state index in [1.807, 2.05) is 18.2 Å². The number of benzene rings is 1. The van der Waals surface area contributed by atoms with Crippen molar-refractivity contribution in [2.24, 2.45) is 0 Å². The van der Waals surface area contributed by atoms with Crippen molar-refractivity contribution in [3.8, 4) is 5.75 Å². The summed E-state index contributed by atoms with van der Waals surface area (Å²) >= 11 is 0. The van der Waals surface area contributed by atoms with Crippen molar-refractivity contribution in [3.63, 3.8) is 0 Å². The van der Waals surface area contributed by atoms with Crippen LogP contribution in [0, 0.1) is 0 Å². The Morgan fingerprint density at radius 2 is 2.00 bits per heavy atom. The van der Waals surface area contributed by atoms with Crippen LogP contribution < -0.4 is 0 Å². The van der Waals surface area contributed by atoms with Gasteiger partial charge in [-0.1, -0.05) is 24.3 Å². The zero-order valence-electron chi connectivity index (χ0n) is 5.75. The van der Waals surface area contributed by atoms with E-state index in [2.05, 4.69) is 6.58 Å². The summed E-state index contributed by atoms with van der Waals surface area (Å²) in [7, 11) is 0. The Kier molecular flexibility index (Phi) is 4.77. The first kappa shape index (κ1) is 10.4. The monoisotopic (exact) mass is 142 g/mol. The van der Waals surface area contributed by atoms with E-state index in [1.54, 1.807) is 12.1 Å². The van der Waals surface area contributed by atoms with Crippen molar-refractivity contribution in [2.45, 2.75) is 6.42 Å². The molecule has 1 rings (SSSR count). The summed E-state index contributed by atoms with van der Waals surface area (Å²) in [5.74, 6) is 0.349. The molecule has 54 valence electrons. The molecular formula is C9H11LiO. The summed E-state index contributed by atoms with van der Waals surface area (Å²) in [5.41, 5.74) is 0.928. The molecule has 0 fully saturated rings. The van der Waals surface area contributed by atoms with Crippen LogP contribution in [-0.2, 0) is 6.42 Å². The predicted molar refractivity (Wildman–Crippen MR) is 49.2 cm³/mol. The van der Waals surface area contributed by atoms with Crippen molar-refractivity contribution in [3.05, 3.63) is 42.5 Å². The number of phenolic OH excluding ortho intramolecular Hbond substituents is 1. The molecule has 1 aromatic rings. The molecule has 1 nitrogen and oxygen atoms in total. The molecule has 0 saturated carbocycles. The van der Waals surface area contributed by atoms with E-state index in [4.69, 9.17) is 0 Å². The Morgan fingerprint density at radius 3 is 2.55 bits per heavy atom. The number of hydrogen-bond acceptors (Lipinski definition) is 1. The van der Waals surface area contributed by atoms with Crippen LogP contribution in [-0.4, -0.2) is 24.0 Å². The molecule has 0 aliphatic rings. The Balaban J connectivity index is 0.000001000. The predicted octanol–water partition coefficient (Wildman–Crippen LogP) is 1.47. The normalized spacial score (nSPS) is 8.36. The van der Waals surface area contributed by atoms with E-state index in [0.29, 0.717) is 5.75 Å². The molecule has 0 unspecified atom stereocenters. The van der Waals surface area contributed by atoms with E-state index in [1.165, 1.54) is 0 Å². The van der Waals surface area contributed by atoms with Crippen molar-refractivity contribution in [1.29, 1.82) is 0 Å².